The van der Waals surface area contributed by atoms with Gasteiger partial charge in [-0.3, -0.25) is 4.90 Å². The van der Waals surface area contributed by atoms with E-state index in [4.69, 9.17) is 10.8 Å². The summed E-state index contributed by atoms with van der Waals surface area (Å²) in [6, 6.07) is 5.63. The highest BCUT2D eigenvalue weighted by molar-refractivity contribution is 5.94. The number of carboxylic acids is 1. The average molecular weight is 236 g/mol. The first-order valence-corrected chi connectivity index (χ1v) is 5.46. The molecule has 0 spiro atoms. The van der Waals surface area contributed by atoms with Gasteiger partial charge >= 0.3 is 12.0 Å². The van der Waals surface area contributed by atoms with Crippen LogP contribution in [0.25, 0.3) is 0 Å². The number of nitrogens with two attached hydrogens (primary N) is 1. The number of carboxylic acid groups (broad SMARTS) is 1. The van der Waals surface area contributed by atoms with E-state index in [-0.39, 0.29) is 5.56 Å². The SMILES string of the molecule is CCCCN(C(N)=O)c1cccc(C(=O)O)c1. The second kappa shape index (κ2) is 5.89. The van der Waals surface area contributed by atoms with Crippen LogP contribution in [0.15, 0.2) is 24.3 Å². The Bertz CT molecular complexity index is 418. The lowest BCUT2D eigenvalue weighted by Gasteiger charge is -2.20. The molecule has 0 radical (unpaired) electrons. The van der Waals surface area contributed by atoms with Crippen molar-refractivity contribution in [2.24, 2.45) is 5.73 Å². The van der Waals surface area contributed by atoms with Gasteiger partial charge in [-0.25, -0.2) is 9.59 Å². The number of rotatable bonds is 5. The van der Waals surface area contributed by atoms with Crippen LogP contribution in [0.1, 0.15) is 30.1 Å². The number of urea groups is 1. The number of primary amides is 1. The third-order valence-electron chi connectivity index (χ3n) is 2.41. The lowest BCUT2D eigenvalue weighted by molar-refractivity contribution is 0.0697. The molecular weight excluding hydrogens is 220 g/mol. The van der Waals surface area contributed by atoms with E-state index in [1.54, 1.807) is 12.1 Å². The Labute approximate surface area is 99.8 Å². The van der Waals surface area contributed by atoms with E-state index in [9.17, 15) is 9.59 Å². The van der Waals surface area contributed by atoms with Crippen LogP contribution in [0.4, 0.5) is 10.5 Å². The summed E-state index contributed by atoms with van der Waals surface area (Å²) in [6.07, 6.45) is 1.75. The number of amides is 2. The molecule has 0 fully saturated rings. The molecule has 0 unspecified atom stereocenters. The predicted molar refractivity (Wildman–Crippen MR) is 65.2 cm³/mol. The molecule has 5 nitrogen and oxygen atoms in total. The van der Waals surface area contributed by atoms with Crippen LogP contribution in [0, 0.1) is 0 Å². The van der Waals surface area contributed by atoms with E-state index in [0.717, 1.165) is 12.8 Å². The topological polar surface area (TPSA) is 83.6 Å². The number of carbonyl (C=O) groups is 2. The molecule has 0 aromatic heterocycles. The Morgan fingerprint density at radius 1 is 1.41 bits per heavy atom. The second-order valence-electron chi connectivity index (χ2n) is 3.70. The highest BCUT2D eigenvalue weighted by Gasteiger charge is 2.13. The maximum absolute atomic E-state index is 11.3. The van der Waals surface area contributed by atoms with E-state index >= 15 is 0 Å². The Morgan fingerprint density at radius 2 is 2.12 bits per heavy atom. The zero-order chi connectivity index (χ0) is 12.8. The Kier molecular flexibility index (Phi) is 4.51. The number of hydrogen-bond acceptors (Lipinski definition) is 2. The molecule has 0 saturated heterocycles. The minimum absolute atomic E-state index is 0.144. The zero-order valence-corrected chi connectivity index (χ0v) is 9.72. The maximum Gasteiger partial charge on any atom is 0.335 e. The van der Waals surface area contributed by atoms with Crippen LogP contribution in [-0.4, -0.2) is 23.7 Å². The van der Waals surface area contributed by atoms with Gasteiger partial charge in [0, 0.05) is 12.2 Å². The first-order valence-electron chi connectivity index (χ1n) is 5.46. The molecule has 0 aliphatic carbocycles. The van der Waals surface area contributed by atoms with Gasteiger partial charge in [0.2, 0.25) is 0 Å². The number of anilines is 1. The van der Waals surface area contributed by atoms with Crippen molar-refractivity contribution in [3.63, 3.8) is 0 Å². The molecular formula is C12H16N2O3. The molecule has 92 valence electrons. The van der Waals surface area contributed by atoms with Crippen molar-refractivity contribution in [1.29, 1.82) is 0 Å². The largest absolute Gasteiger partial charge is 0.478 e. The second-order valence-corrected chi connectivity index (χ2v) is 3.70. The smallest absolute Gasteiger partial charge is 0.335 e. The lowest BCUT2D eigenvalue weighted by atomic mass is 10.2. The number of carbonyl (C=O) groups excluding carboxylic acids is 1. The summed E-state index contributed by atoms with van der Waals surface area (Å²) in [5.41, 5.74) is 5.94. The minimum atomic E-state index is -1.02. The van der Waals surface area contributed by atoms with Gasteiger partial charge in [0.15, 0.2) is 0 Å². The first kappa shape index (κ1) is 13.0. The molecule has 0 saturated carbocycles. The number of nitrogens with zero attached hydrogens (tertiary/aromatic N) is 1. The van der Waals surface area contributed by atoms with E-state index < -0.39 is 12.0 Å². The summed E-state index contributed by atoms with van der Waals surface area (Å²) >= 11 is 0. The molecule has 0 bridgehead atoms. The molecule has 2 amide bonds. The monoisotopic (exact) mass is 236 g/mol. The summed E-state index contributed by atoms with van der Waals surface area (Å²) in [6.45, 7) is 2.50. The van der Waals surface area contributed by atoms with Gasteiger partial charge < -0.3 is 10.8 Å². The Balaban J connectivity index is 2.97. The van der Waals surface area contributed by atoms with Gasteiger partial charge in [0.1, 0.15) is 0 Å². The van der Waals surface area contributed by atoms with Crippen LogP contribution in [0.5, 0.6) is 0 Å². The molecule has 5 heteroatoms. The molecule has 1 aromatic rings. The van der Waals surface area contributed by atoms with E-state index in [1.807, 2.05) is 6.92 Å². The minimum Gasteiger partial charge on any atom is -0.478 e. The van der Waals surface area contributed by atoms with Crippen LogP contribution in [0.3, 0.4) is 0 Å². The van der Waals surface area contributed by atoms with Crippen molar-refractivity contribution in [1.82, 2.24) is 0 Å². The fraction of sp³-hybridized carbons (Fsp3) is 0.333. The quantitative estimate of drug-likeness (QED) is 0.820. The van der Waals surface area contributed by atoms with Gasteiger partial charge in [-0.15, -0.1) is 0 Å². The molecule has 3 N–H and O–H groups in total. The Morgan fingerprint density at radius 3 is 2.65 bits per heavy atom. The van der Waals surface area contributed by atoms with Crippen LogP contribution >= 0.6 is 0 Å². The third-order valence-corrected chi connectivity index (χ3v) is 2.41. The summed E-state index contributed by atoms with van der Waals surface area (Å²) in [5, 5.41) is 8.87. The number of aromatic carboxylic acids is 1. The lowest BCUT2D eigenvalue weighted by Crippen LogP contribution is -2.36. The van der Waals surface area contributed by atoms with E-state index in [0.29, 0.717) is 12.2 Å². The fourth-order valence-corrected chi connectivity index (χ4v) is 1.49. The summed E-state index contributed by atoms with van der Waals surface area (Å²) < 4.78 is 0. The van der Waals surface area contributed by atoms with Gasteiger partial charge in [0.25, 0.3) is 0 Å². The van der Waals surface area contributed by atoms with Crippen molar-refractivity contribution in [3.8, 4) is 0 Å². The average Bonchev–Trinajstić information content (AvgIpc) is 2.29. The van der Waals surface area contributed by atoms with Gasteiger partial charge in [0.05, 0.1) is 5.56 Å². The van der Waals surface area contributed by atoms with E-state index in [1.165, 1.54) is 17.0 Å². The van der Waals surface area contributed by atoms with Crippen LogP contribution in [-0.2, 0) is 0 Å². The molecule has 1 rings (SSSR count). The molecule has 0 aliphatic rings. The van der Waals surface area contributed by atoms with Crippen molar-refractivity contribution < 1.29 is 14.7 Å². The van der Waals surface area contributed by atoms with Crippen molar-refractivity contribution in [2.75, 3.05) is 11.4 Å². The first-order chi connectivity index (χ1) is 8.06. The number of unbranched alkanes of at least 4 members (excludes halogenated alkanes) is 1. The molecule has 0 heterocycles. The highest BCUT2D eigenvalue weighted by Crippen LogP contribution is 2.17. The van der Waals surface area contributed by atoms with Crippen LogP contribution < -0.4 is 10.6 Å². The molecule has 1 aromatic carbocycles. The van der Waals surface area contributed by atoms with Gasteiger partial charge in [-0.05, 0) is 24.6 Å². The van der Waals surface area contributed by atoms with Gasteiger partial charge in [-0.1, -0.05) is 19.4 Å². The normalized spacial score (nSPS) is 9.94. The maximum atomic E-state index is 11.3. The fourth-order valence-electron chi connectivity index (χ4n) is 1.49. The zero-order valence-electron chi connectivity index (χ0n) is 9.72. The standard InChI is InChI=1S/C12H16N2O3/c1-2-3-7-14(12(13)17)10-6-4-5-9(8-10)11(15)16/h4-6,8H,2-3,7H2,1H3,(H2,13,17)(H,15,16). The summed E-state index contributed by atoms with van der Waals surface area (Å²) in [5.74, 6) is -1.02. The van der Waals surface area contributed by atoms with Crippen molar-refractivity contribution in [3.05, 3.63) is 29.8 Å². The summed E-state index contributed by atoms with van der Waals surface area (Å²) in [7, 11) is 0. The van der Waals surface area contributed by atoms with Gasteiger partial charge in [-0.2, -0.15) is 0 Å². The van der Waals surface area contributed by atoms with Crippen LogP contribution in [0.2, 0.25) is 0 Å². The highest BCUT2D eigenvalue weighted by atomic mass is 16.4. The van der Waals surface area contributed by atoms with E-state index in [2.05, 4.69) is 0 Å². The third kappa shape index (κ3) is 3.48. The van der Waals surface area contributed by atoms with Crippen molar-refractivity contribution in [2.45, 2.75) is 19.8 Å². The summed E-state index contributed by atoms with van der Waals surface area (Å²) in [4.78, 5) is 23.5. The number of benzene rings is 1. The van der Waals surface area contributed by atoms with Crippen molar-refractivity contribution >= 4 is 17.7 Å². The predicted octanol–water partition coefficient (Wildman–Crippen LogP) is 2.07. The number of hydrogen-bond donors (Lipinski definition) is 2. The molecule has 17 heavy (non-hydrogen) atoms. The Hall–Kier alpha value is -2.04. The molecule has 0 aliphatic heterocycles. The molecule has 0 atom stereocenters.